The fraction of sp³-hybridized carbons (Fsp3) is 0.188. The van der Waals surface area contributed by atoms with Crippen LogP contribution in [0.2, 0.25) is 0 Å². The second-order valence-electron chi connectivity index (χ2n) is 5.43. The Labute approximate surface area is 144 Å². The molecule has 0 bridgehead atoms. The van der Waals surface area contributed by atoms with Gasteiger partial charge in [-0.15, -0.1) is 0 Å². The van der Waals surface area contributed by atoms with Crippen molar-refractivity contribution in [3.63, 3.8) is 0 Å². The highest BCUT2D eigenvalue weighted by atomic mass is 32.2. The maximum Gasteiger partial charge on any atom is 0.534 e. The standard InChI is InChI=1S/C16H11F3O6S/c1-8-13(25-26(21,22)16(17,18)19)9(2)15(20)24-14(8)12-7-10-5-3-4-6-11(10)23-12/h3-7H,1-2H3. The Bertz CT molecular complexity index is 1120. The van der Waals surface area contributed by atoms with Gasteiger partial charge in [-0.3, -0.25) is 0 Å². The van der Waals surface area contributed by atoms with Crippen LogP contribution >= 0.6 is 0 Å². The van der Waals surface area contributed by atoms with Gasteiger partial charge in [-0.1, -0.05) is 18.2 Å². The van der Waals surface area contributed by atoms with Gasteiger partial charge in [0.2, 0.25) is 0 Å². The van der Waals surface area contributed by atoms with E-state index in [0.29, 0.717) is 11.0 Å². The van der Waals surface area contributed by atoms with Crippen molar-refractivity contribution in [2.75, 3.05) is 0 Å². The number of hydrogen-bond acceptors (Lipinski definition) is 6. The zero-order chi connectivity index (χ0) is 19.3. The monoisotopic (exact) mass is 388 g/mol. The molecule has 26 heavy (non-hydrogen) atoms. The van der Waals surface area contributed by atoms with E-state index in [4.69, 9.17) is 8.83 Å². The van der Waals surface area contributed by atoms with E-state index in [0.717, 1.165) is 6.92 Å². The summed E-state index contributed by atoms with van der Waals surface area (Å²) < 4.78 is 75.3. The second kappa shape index (κ2) is 5.90. The van der Waals surface area contributed by atoms with Gasteiger partial charge in [0.05, 0.1) is 5.56 Å². The van der Waals surface area contributed by atoms with Crippen molar-refractivity contribution in [2.24, 2.45) is 0 Å². The van der Waals surface area contributed by atoms with Crippen LogP contribution in [-0.4, -0.2) is 13.9 Å². The quantitative estimate of drug-likeness (QED) is 0.500. The predicted molar refractivity (Wildman–Crippen MR) is 85.3 cm³/mol. The van der Waals surface area contributed by atoms with Crippen molar-refractivity contribution in [3.8, 4) is 17.3 Å². The summed E-state index contributed by atoms with van der Waals surface area (Å²) in [6.07, 6.45) is 0. The van der Waals surface area contributed by atoms with E-state index in [1.54, 1.807) is 24.3 Å². The zero-order valence-electron chi connectivity index (χ0n) is 13.4. The molecule has 0 saturated heterocycles. The van der Waals surface area contributed by atoms with E-state index >= 15 is 0 Å². The highest BCUT2D eigenvalue weighted by molar-refractivity contribution is 7.88. The normalized spacial score (nSPS) is 12.5. The minimum Gasteiger partial charge on any atom is -0.453 e. The Hall–Kier alpha value is -2.75. The molecular weight excluding hydrogens is 377 g/mol. The van der Waals surface area contributed by atoms with Gasteiger partial charge in [0.15, 0.2) is 17.3 Å². The van der Waals surface area contributed by atoms with Crippen LogP contribution in [-0.2, 0) is 10.1 Å². The topological polar surface area (TPSA) is 86.7 Å². The summed E-state index contributed by atoms with van der Waals surface area (Å²) in [5, 5.41) is 0.663. The van der Waals surface area contributed by atoms with Crippen LogP contribution in [0.1, 0.15) is 11.1 Å². The largest absolute Gasteiger partial charge is 0.534 e. The lowest BCUT2D eigenvalue weighted by Crippen LogP contribution is -2.29. The summed E-state index contributed by atoms with van der Waals surface area (Å²) in [4.78, 5) is 12.0. The Balaban J connectivity index is 2.20. The molecule has 0 aliphatic carbocycles. The zero-order valence-corrected chi connectivity index (χ0v) is 14.2. The Morgan fingerprint density at radius 1 is 1.04 bits per heavy atom. The Kier molecular flexibility index (Phi) is 4.10. The number of halogens is 3. The molecule has 0 amide bonds. The molecule has 10 heteroatoms. The van der Waals surface area contributed by atoms with Gasteiger partial charge in [0.1, 0.15) is 5.58 Å². The van der Waals surface area contributed by atoms with E-state index in [2.05, 4.69) is 4.18 Å². The molecular formula is C16H11F3O6S. The number of benzene rings is 1. The molecule has 1 aromatic carbocycles. The molecule has 0 atom stereocenters. The molecule has 0 fully saturated rings. The molecule has 0 N–H and O–H groups in total. The maximum absolute atomic E-state index is 12.6. The third-order valence-corrected chi connectivity index (χ3v) is 4.60. The lowest BCUT2D eigenvalue weighted by molar-refractivity contribution is -0.0500. The van der Waals surface area contributed by atoms with Crippen LogP contribution in [0, 0.1) is 13.8 Å². The van der Waals surface area contributed by atoms with Gasteiger partial charge in [0.25, 0.3) is 0 Å². The maximum atomic E-state index is 12.6. The smallest absolute Gasteiger partial charge is 0.453 e. The molecule has 0 radical (unpaired) electrons. The predicted octanol–water partition coefficient (Wildman–Crippen LogP) is 3.90. The highest BCUT2D eigenvalue weighted by Gasteiger charge is 2.49. The van der Waals surface area contributed by atoms with Crippen LogP contribution in [0.25, 0.3) is 22.5 Å². The highest BCUT2D eigenvalue weighted by Crippen LogP contribution is 2.36. The number of alkyl halides is 3. The Morgan fingerprint density at radius 2 is 1.69 bits per heavy atom. The molecule has 0 spiro atoms. The van der Waals surface area contributed by atoms with Crippen molar-refractivity contribution in [2.45, 2.75) is 19.4 Å². The third kappa shape index (κ3) is 2.96. The third-order valence-electron chi connectivity index (χ3n) is 3.65. The minimum atomic E-state index is -5.95. The van der Waals surface area contributed by atoms with Gasteiger partial charge in [-0.05, 0) is 26.0 Å². The fourth-order valence-electron chi connectivity index (χ4n) is 2.33. The SMILES string of the molecule is Cc1c(-c2cc3ccccc3o2)oc(=O)c(C)c1OS(=O)(=O)C(F)(F)F. The fourth-order valence-corrected chi connectivity index (χ4v) is 2.90. The van der Waals surface area contributed by atoms with Crippen LogP contribution in [0.3, 0.4) is 0 Å². The van der Waals surface area contributed by atoms with Gasteiger partial charge in [-0.2, -0.15) is 21.6 Å². The first-order valence-corrected chi connectivity index (χ1v) is 8.56. The Morgan fingerprint density at radius 3 is 2.31 bits per heavy atom. The van der Waals surface area contributed by atoms with Crippen molar-refractivity contribution < 1.29 is 34.6 Å². The minimum absolute atomic E-state index is 0.0510. The summed E-state index contributed by atoms with van der Waals surface area (Å²) in [5.74, 6) is -0.909. The van der Waals surface area contributed by atoms with Gasteiger partial charge < -0.3 is 13.0 Å². The van der Waals surface area contributed by atoms with Crippen LogP contribution in [0.4, 0.5) is 13.2 Å². The number of rotatable bonds is 3. The first-order chi connectivity index (χ1) is 12.0. The lowest BCUT2D eigenvalue weighted by atomic mass is 10.1. The molecule has 0 unspecified atom stereocenters. The van der Waals surface area contributed by atoms with Crippen LogP contribution in [0.15, 0.2) is 44.0 Å². The van der Waals surface area contributed by atoms with E-state index in [1.165, 1.54) is 13.0 Å². The molecule has 0 saturated carbocycles. The summed E-state index contributed by atoms with van der Waals surface area (Å²) in [7, 11) is -5.95. The van der Waals surface area contributed by atoms with Gasteiger partial charge >= 0.3 is 21.3 Å². The number of fused-ring (bicyclic) bond motifs is 1. The van der Waals surface area contributed by atoms with Crippen LogP contribution < -0.4 is 9.81 Å². The number of para-hydroxylation sites is 1. The summed E-state index contributed by atoms with van der Waals surface area (Å²) in [5.41, 5.74) is -6.75. The lowest BCUT2D eigenvalue weighted by Gasteiger charge is -2.14. The number of furan rings is 1. The summed E-state index contributed by atoms with van der Waals surface area (Å²) in [6.45, 7) is 2.36. The molecule has 0 aliphatic rings. The number of hydrogen-bond donors (Lipinski definition) is 0. The van der Waals surface area contributed by atoms with Crippen molar-refractivity contribution in [3.05, 3.63) is 51.9 Å². The molecule has 138 valence electrons. The van der Waals surface area contributed by atoms with Crippen LogP contribution in [0.5, 0.6) is 5.75 Å². The molecule has 6 nitrogen and oxygen atoms in total. The summed E-state index contributed by atoms with van der Waals surface area (Å²) >= 11 is 0. The summed E-state index contributed by atoms with van der Waals surface area (Å²) in [6, 6.07) is 8.32. The molecule has 0 aliphatic heterocycles. The van der Waals surface area contributed by atoms with Gasteiger partial charge in [-0.25, -0.2) is 4.79 Å². The first-order valence-electron chi connectivity index (χ1n) is 7.15. The van der Waals surface area contributed by atoms with E-state index < -0.39 is 32.6 Å². The van der Waals surface area contributed by atoms with E-state index in [1.807, 2.05) is 0 Å². The van der Waals surface area contributed by atoms with Crippen molar-refractivity contribution in [1.29, 1.82) is 0 Å². The molecule has 3 rings (SSSR count). The molecule has 2 aromatic heterocycles. The average Bonchev–Trinajstić information content (AvgIpc) is 2.97. The van der Waals surface area contributed by atoms with E-state index in [9.17, 15) is 26.4 Å². The second-order valence-corrected chi connectivity index (χ2v) is 6.97. The first kappa shape index (κ1) is 18.1. The van der Waals surface area contributed by atoms with Gasteiger partial charge in [0, 0.05) is 10.9 Å². The molecule has 2 heterocycles. The van der Waals surface area contributed by atoms with Crippen molar-refractivity contribution in [1.82, 2.24) is 0 Å². The van der Waals surface area contributed by atoms with E-state index in [-0.39, 0.29) is 17.1 Å². The average molecular weight is 388 g/mol. The molecule has 3 aromatic rings. The van der Waals surface area contributed by atoms with Crippen molar-refractivity contribution >= 4 is 21.1 Å².